The van der Waals surface area contributed by atoms with Crippen molar-refractivity contribution in [3.05, 3.63) is 94.3 Å². The fourth-order valence-corrected chi connectivity index (χ4v) is 5.38. The van der Waals surface area contributed by atoms with E-state index < -0.39 is 6.04 Å². The second-order valence-corrected chi connectivity index (χ2v) is 9.53. The van der Waals surface area contributed by atoms with Gasteiger partial charge in [-0.3, -0.25) is 9.59 Å². The fraction of sp³-hybridized carbons (Fsp3) is 0.259. The molecule has 3 heterocycles. The Balaban J connectivity index is 1.29. The average molecular weight is 458 g/mol. The number of H-pyrrole nitrogens is 1. The van der Waals surface area contributed by atoms with Crippen LogP contribution in [0.3, 0.4) is 0 Å². The number of amides is 2. The molecule has 0 radical (unpaired) electrons. The number of aromatic amines is 1. The lowest BCUT2D eigenvalue weighted by Gasteiger charge is -2.34. The number of nitrogens with zero attached hydrogens (tertiary/aromatic N) is 1. The maximum absolute atomic E-state index is 13.5. The highest BCUT2D eigenvalue weighted by molar-refractivity contribution is 7.12. The molecule has 1 aliphatic rings. The third-order valence-corrected chi connectivity index (χ3v) is 7.37. The molecule has 0 saturated carbocycles. The van der Waals surface area contributed by atoms with Gasteiger partial charge in [0.1, 0.15) is 6.04 Å². The van der Waals surface area contributed by atoms with Gasteiger partial charge in [-0.05, 0) is 47.4 Å². The summed E-state index contributed by atoms with van der Waals surface area (Å²) < 4.78 is 0. The molecule has 168 valence electrons. The molecule has 1 fully saturated rings. The van der Waals surface area contributed by atoms with Gasteiger partial charge in [-0.15, -0.1) is 11.3 Å². The molecule has 2 amide bonds. The van der Waals surface area contributed by atoms with Crippen LogP contribution in [0.1, 0.15) is 39.6 Å². The fourth-order valence-electron chi connectivity index (χ4n) is 4.75. The Morgan fingerprint density at radius 1 is 1.00 bits per heavy atom. The van der Waals surface area contributed by atoms with Gasteiger partial charge in [0, 0.05) is 36.6 Å². The number of benzene rings is 2. The lowest BCUT2D eigenvalue weighted by Crippen LogP contribution is -2.51. The number of rotatable bonds is 6. The second-order valence-electron chi connectivity index (χ2n) is 8.58. The van der Waals surface area contributed by atoms with Gasteiger partial charge >= 0.3 is 0 Å². The summed E-state index contributed by atoms with van der Waals surface area (Å²) in [5.41, 5.74) is 3.53. The normalized spacial score (nSPS) is 15.5. The summed E-state index contributed by atoms with van der Waals surface area (Å²) in [6.45, 7) is 1.40. The number of aromatic nitrogens is 1. The largest absolute Gasteiger partial charge is 0.361 e. The van der Waals surface area contributed by atoms with Gasteiger partial charge < -0.3 is 15.2 Å². The number of fused-ring (bicyclic) bond motifs is 1. The lowest BCUT2D eigenvalue weighted by atomic mass is 9.89. The zero-order valence-electron chi connectivity index (χ0n) is 18.4. The predicted molar refractivity (Wildman–Crippen MR) is 133 cm³/mol. The van der Waals surface area contributed by atoms with Crippen LogP contribution >= 0.6 is 11.3 Å². The van der Waals surface area contributed by atoms with E-state index in [0.717, 1.165) is 23.9 Å². The van der Waals surface area contributed by atoms with E-state index in [1.807, 2.05) is 52.7 Å². The number of para-hydroxylation sites is 1. The monoisotopic (exact) mass is 457 g/mol. The van der Waals surface area contributed by atoms with E-state index in [4.69, 9.17) is 0 Å². The highest BCUT2D eigenvalue weighted by Gasteiger charge is 2.31. The molecule has 2 aromatic heterocycles. The minimum absolute atomic E-state index is 0.00105. The number of hydrogen-bond donors (Lipinski definition) is 2. The first-order chi connectivity index (χ1) is 16.2. The molecule has 0 bridgehead atoms. The topological polar surface area (TPSA) is 65.2 Å². The molecule has 5 nitrogen and oxygen atoms in total. The highest BCUT2D eigenvalue weighted by Crippen LogP contribution is 2.33. The quantitative estimate of drug-likeness (QED) is 0.429. The summed E-state index contributed by atoms with van der Waals surface area (Å²) in [7, 11) is 0. The summed E-state index contributed by atoms with van der Waals surface area (Å²) in [5, 5.41) is 6.15. The van der Waals surface area contributed by atoms with Crippen LogP contribution in [-0.2, 0) is 11.2 Å². The average Bonchev–Trinajstić information content (AvgIpc) is 3.55. The maximum Gasteiger partial charge on any atom is 0.262 e. The molecule has 2 aromatic carbocycles. The summed E-state index contributed by atoms with van der Waals surface area (Å²) in [5.74, 6) is 0.243. The van der Waals surface area contributed by atoms with Crippen LogP contribution in [0, 0.1) is 0 Å². The molecule has 0 aliphatic carbocycles. The standard InChI is InChI=1S/C27H27N3O2S/c31-26(25-11-6-16-33-25)29-24(17-19-7-2-1-3-8-19)27(32)30-14-12-20(13-15-30)22-18-28-23-10-5-4-9-21(22)23/h1-11,16,18,20,24,28H,12-15,17H2,(H,29,31). The number of carbonyl (C=O) groups is 2. The van der Waals surface area contributed by atoms with Crippen molar-refractivity contribution >= 4 is 34.1 Å². The van der Waals surface area contributed by atoms with Crippen LogP contribution in [0.2, 0.25) is 0 Å². The Kier molecular flexibility index (Phi) is 6.26. The molecule has 33 heavy (non-hydrogen) atoms. The molecule has 2 N–H and O–H groups in total. The number of thiophene rings is 1. The van der Waals surface area contributed by atoms with Crippen LogP contribution in [0.25, 0.3) is 10.9 Å². The van der Waals surface area contributed by atoms with E-state index >= 15 is 0 Å². The van der Waals surface area contributed by atoms with Gasteiger partial charge in [0.15, 0.2) is 0 Å². The Morgan fingerprint density at radius 3 is 2.52 bits per heavy atom. The minimum Gasteiger partial charge on any atom is -0.361 e. The van der Waals surface area contributed by atoms with Crippen molar-refractivity contribution in [1.29, 1.82) is 0 Å². The van der Waals surface area contributed by atoms with Gasteiger partial charge in [0.05, 0.1) is 4.88 Å². The van der Waals surface area contributed by atoms with E-state index in [1.54, 1.807) is 6.07 Å². The van der Waals surface area contributed by atoms with Gasteiger partial charge in [-0.25, -0.2) is 0 Å². The number of likely N-dealkylation sites (tertiary alicyclic amines) is 1. The second kappa shape index (κ2) is 9.63. The van der Waals surface area contributed by atoms with Crippen molar-refractivity contribution < 1.29 is 9.59 Å². The molecular formula is C27H27N3O2S. The van der Waals surface area contributed by atoms with E-state index in [2.05, 4.69) is 34.7 Å². The van der Waals surface area contributed by atoms with Crippen LogP contribution in [-0.4, -0.2) is 40.8 Å². The molecule has 1 unspecified atom stereocenters. The molecule has 5 rings (SSSR count). The van der Waals surface area contributed by atoms with E-state index in [1.165, 1.54) is 22.3 Å². The zero-order valence-corrected chi connectivity index (χ0v) is 19.2. The Bertz CT molecular complexity index is 1220. The summed E-state index contributed by atoms with van der Waals surface area (Å²) in [6.07, 6.45) is 4.44. The number of hydrogen-bond acceptors (Lipinski definition) is 3. The van der Waals surface area contributed by atoms with Gasteiger partial charge in [0.25, 0.3) is 5.91 Å². The molecule has 4 aromatic rings. The lowest BCUT2D eigenvalue weighted by molar-refractivity contribution is -0.134. The first-order valence-corrected chi connectivity index (χ1v) is 12.3. The zero-order chi connectivity index (χ0) is 22.6. The Labute approximate surface area is 197 Å². The SMILES string of the molecule is O=C(NC(Cc1ccccc1)C(=O)N1CCC(c2c[nH]c3ccccc23)CC1)c1cccs1. The third kappa shape index (κ3) is 4.71. The van der Waals surface area contributed by atoms with Gasteiger partial charge in [-0.2, -0.15) is 0 Å². The Morgan fingerprint density at radius 2 is 1.76 bits per heavy atom. The molecular weight excluding hydrogens is 430 g/mol. The van der Waals surface area contributed by atoms with E-state index in [9.17, 15) is 9.59 Å². The smallest absolute Gasteiger partial charge is 0.262 e. The molecule has 1 saturated heterocycles. The van der Waals surface area contributed by atoms with Crippen molar-refractivity contribution in [2.75, 3.05) is 13.1 Å². The summed E-state index contributed by atoms with van der Waals surface area (Å²) in [4.78, 5) is 32.2. The van der Waals surface area contributed by atoms with Crippen molar-refractivity contribution in [2.24, 2.45) is 0 Å². The minimum atomic E-state index is -0.577. The molecule has 0 spiro atoms. The molecule has 6 heteroatoms. The van der Waals surface area contributed by atoms with Gasteiger partial charge in [-0.1, -0.05) is 54.6 Å². The Hall–Kier alpha value is -3.38. The van der Waals surface area contributed by atoms with Gasteiger partial charge in [0.2, 0.25) is 5.91 Å². The van der Waals surface area contributed by atoms with Crippen molar-refractivity contribution in [3.63, 3.8) is 0 Å². The molecule has 1 atom stereocenters. The van der Waals surface area contributed by atoms with E-state index in [-0.39, 0.29) is 11.8 Å². The number of nitrogens with one attached hydrogen (secondary N) is 2. The first-order valence-electron chi connectivity index (χ1n) is 11.4. The first kappa shape index (κ1) is 21.5. The summed E-state index contributed by atoms with van der Waals surface area (Å²) in [6, 6.07) is 21.3. The third-order valence-electron chi connectivity index (χ3n) is 6.50. The highest BCUT2D eigenvalue weighted by atomic mass is 32.1. The van der Waals surface area contributed by atoms with Crippen molar-refractivity contribution in [2.45, 2.75) is 31.2 Å². The van der Waals surface area contributed by atoms with Crippen LogP contribution < -0.4 is 5.32 Å². The van der Waals surface area contributed by atoms with E-state index in [0.29, 0.717) is 30.3 Å². The molecule has 1 aliphatic heterocycles. The van der Waals surface area contributed by atoms with Crippen LogP contribution in [0.4, 0.5) is 0 Å². The maximum atomic E-state index is 13.5. The van der Waals surface area contributed by atoms with Crippen LogP contribution in [0.5, 0.6) is 0 Å². The summed E-state index contributed by atoms with van der Waals surface area (Å²) >= 11 is 1.39. The van der Waals surface area contributed by atoms with Crippen LogP contribution in [0.15, 0.2) is 78.3 Å². The number of piperidine rings is 1. The number of carbonyl (C=O) groups excluding carboxylic acids is 2. The predicted octanol–water partition coefficient (Wildman–Crippen LogP) is 4.98. The van der Waals surface area contributed by atoms with Crippen molar-refractivity contribution in [1.82, 2.24) is 15.2 Å². The van der Waals surface area contributed by atoms with Crippen molar-refractivity contribution in [3.8, 4) is 0 Å².